The van der Waals surface area contributed by atoms with Crippen molar-refractivity contribution in [2.24, 2.45) is 5.10 Å². The van der Waals surface area contributed by atoms with Gasteiger partial charge in [0.25, 0.3) is 0 Å². The molecule has 0 aromatic heterocycles. The lowest BCUT2D eigenvalue weighted by Crippen LogP contribution is -2.36. The van der Waals surface area contributed by atoms with Crippen LogP contribution in [0.3, 0.4) is 0 Å². The SMILES string of the molecule is O=S(=O)(N/N=C1/CCC1c1ccccc1)C(F)(F)F. The minimum atomic E-state index is -5.41. The van der Waals surface area contributed by atoms with Crippen LogP contribution in [0.2, 0.25) is 0 Å². The predicted molar refractivity (Wildman–Crippen MR) is 64.0 cm³/mol. The second-order valence-corrected chi connectivity index (χ2v) is 5.80. The van der Waals surface area contributed by atoms with Gasteiger partial charge in [0.15, 0.2) is 0 Å². The highest BCUT2D eigenvalue weighted by molar-refractivity contribution is 7.90. The van der Waals surface area contributed by atoms with E-state index in [0.29, 0.717) is 12.1 Å². The molecule has 0 aliphatic heterocycles. The van der Waals surface area contributed by atoms with Crippen LogP contribution in [0.1, 0.15) is 24.3 Å². The highest BCUT2D eigenvalue weighted by Gasteiger charge is 2.46. The average molecular weight is 292 g/mol. The minimum Gasteiger partial charge on any atom is -0.196 e. The van der Waals surface area contributed by atoms with E-state index in [1.54, 1.807) is 0 Å². The smallest absolute Gasteiger partial charge is 0.196 e. The first-order valence-electron chi connectivity index (χ1n) is 5.51. The molecule has 1 aromatic rings. The van der Waals surface area contributed by atoms with E-state index in [1.807, 2.05) is 30.3 Å². The molecule has 0 bridgehead atoms. The second kappa shape index (κ2) is 4.84. The summed E-state index contributed by atoms with van der Waals surface area (Å²) in [6.07, 6.45) is 1.23. The van der Waals surface area contributed by atoms with Crippen molar-refractivity contribution in [2.75, 3.05) is 0 Å². The summed E-state index contributed by atoms with van der Waals surface area (Å²) in [6.45, 7) is 0. The summed E-state index contributed by atoms with van der Waals surface area (Å²) in [7, 11) is -5.41. The number of halogens is 3. The first-order chi connectivity index (χ1) is 8.81. The average Bonchev–Trinajstić information content (AvgIpc) is 2.27. The Morgan fingerprint density at radius 1 is 1.21 bits per heavy atom. The van der Waals surface area contributed by atoms with Crippen LogP contribution in [-0.4, -0.2) is 19.6 Å². The summed E-state index contributed by atoms with van der Waals surface area (Å²) in [5, 5.41) is 3.38. The number of hydrogen-bond donors (Lipinski definition) is 1. The van der Waals surface area contributed by atoms with Crippen LogP contribution in [0.25, 0.3) is 0 Å². The van der Waals surface area contributed by atoms with Crippen LogP contribution in [0.5, 0.6) is 0 Å². The first-order valence-corrected chi connectivity index (χ1v) is 6.99. The van der Waals surface area contributed by atoms with Crippen LogP contribution in [0, 0.1) is 0 Å². The van der Waals surface area contributed by atoms with Gasteiger partial charge in [-0.25, -0.2) is 0 Å². The summed E-state index contributed by atoms with van der Waals surface area (Å²) in [5.74, 6) is -0.114. The quantitative estimate of drug-likeness (QED) is 0.869. The highest BCUT2D eigenvalue weighted by atomic mass is 32.2. The highest BCUT2D eigenvalue weighted by Crippen LogP contribution is 2.34. The van der Waals surface area contributed by atoms with Crippen molar-refractivity contribution in [1.82, 2.24) is 4.83 Å². The summed E-state index contributed by atoms with van der Waals surface area (Å²) < 4.78 is 57.9. The number of alkyl halides is 3. The first kappa shape index (κ1) is 13.9. The Labute approximate surface area is 108 Å². The lowest BCUT2D eigenvalue weighted by molar-refractivity contribution is -0.0447. The number of nitrogens with one attached hydrogen (secondary N) is 1. The zero-order valence-corrected chi connectivity index (χ0v) is 10.5. The third kappa shape index (κ3) is 2.89. The lowest BCUT2D eigenvalue weighted by atomic mass is 9.78. The van der Waals surface area contributed by atoms with Gasteiger partial charge in [-0.15, -0.1) is 0 Å². The summed E-state index contributed by atoms with van der Waals surface area (Å²) in [5.41, 5.74) is -4.01. The molecule has 19 heavy (non-hydrogen) atoms. The van der Waals surface area contributed by atoms with Gasteiger partial charge in [-0.3, -0.25) is 0 Å². The molecule has 1 N–H and O–H groups in total. The molecular weight excluding hydrogens is 281 g/mol. The molecule has 0 amide bonds. The Kier molecular flexibility index (Phi) is 3.53. The van der Waals surface area contributed by atoms with Crippen molar-refractivity contribution in [3.63, 3.8) is 0 Å². The molecule has 2 rings (SSSR count). The Bertz CT molecular complexity index is 582. The maximum absolute atomic E-state index is 12.1. The molecule has 0 spiro atoms. The normalized spacial score (nSPS) is 22.1. The van der Waals surface area contributed by atoms with Gasteiger partial charge in [-0.1, -0.05) is 30.3 Å². The van der Waals surface area contributed by atoms with E-state index < -0.39 is 15.5 Å². The molecule has 4 nitrogen and oxygen atoms in total. The van der Waals surface area contributed by atoms with Gasteiger partial charge in [0.1, 0.15) is 0 Å². The fourth-order valence-electron chi connectivity index (χ4n) is 1.77. The van der Waals surface area contributed by atoms with Gasteiger partial charge < -0.3 is 0 Å². The Balaban J connectivity index is 2.10. The van der Waals surface area contributed by atoms with E-state index in [2.05, 4.69) is 5.10 Å². The molecule has 1 aromatic carbocycles. The van der Waals surface area contributed by atoms with Gasteiger partial charge in [-0.05, 0) is 18.4 Å². The largest absolute Gasteiger partial charge is 0.517 e. The van der Waals surface area contributed by atoms with Gasteiger partial charge in [0.2, 0.25) is 0 Å². The predicted octanol–water partition coefficient (Wildman–Crippen LogP) is 2.36. The molecule has 1 fully saturated rings. The summed E-state index contributed by atoms with van der Waals surface area (Å²) >= 11 is 0. The molecule has 1 unspecified atom stereocenters. The Hall–Kier alpha value is -1.57. The maximum Gasteiger partial charge on any atom is 0.517 e. The molecule has 1 aliphatic carbocycles. The van der Waals surface area contributed by atoms with Crippen molar-refractivity contribution in [2.45, 2.75) is 24.3 Å². The zero-order valence-electron chi connectivity index (χ0n) is 9.68. The summed E-state index contributed by atoms with van der Waals surface area (Å²) in [6, 6.07) is 9.11. The van der Waals surface area contributed by atoms with E-state index in [-0.39, 0.29) is 5.92 Å². The number of nitrogens with zero attached hydrogens (tertiary/aromatic N) is 1. The van der Waals surface area contributed by atoms with Gasteiger partial charge in [0, 0.05) is 11.6 Å². The monoisotopic (exact) mass is 292 g/mol. The van der Waals surface area contributed by atoms with E-state index in [1.165, 1.54) is 4.83 Å². The Morgan fingerprint density at radius 3 is 2.32 bits per heavy atom. The van der Waals surface area contributed by atoms with E-state index in [4.69, 9.17) is 0 Å². The second-order valence-electron chi connectivity index (χ2n) is 4.15. The van der Waals surface area contributed by atoms with Crippen molar-refractivity contribution in [3.8, 4) is 0 Å². The minimum absolute atomic E-state index is 0.114. The molecule has 1 saturated carbocycles. The van der Waals surface area contributed by atoms with Crippen molar-refractivity contribution in [1.29, 1.82) is 0 Å². The van der Waals surface area contributed by atoms with Crippen LogP contribution in [0.4, 0.5) is 13.2 Å². The Morgan fingerprint density at radius 2 is 1.84 bits per heavy atom. The van der Waals surface area contributed by atoms with Gasteiger partial charge >= 0.3 is 15.5 Å². The number of rotatable bonds is 3. The molecule has 1 aliphatic rings. The number of sulfonamides is 1. The number of benzene rings is 1. The fourth-order valence-corrected chi connectivity index (χ4v) is 2.11. The molecule has 8 heteroatoms. The van der Waals surface area contributed by atoms with Crippen LogP contribution in [-0.2, 0) is 10.0 Å². The van der Waals surface area contributed by atoms with Gasteiger partial charge in [0.05, 0.1) is 0 Å². The number of hydrogen-bond acceptors (Lipinski definition) is 3. The topological polar surface area (TPSA) is 58.5 Å². The van der Waals surface area contributed by atoms with Gasteiger partial charge in [-0.2, -0.15) is 31.5 Å². The molecule has 0 radical (unpaired) electrons. The third-order valence-corrected chi connectivity index (χ3v) is 3.85. The standard InChI is InChI=1S/C11H11F3N2O2S/c12-11(13,14)19(17,18)16-15-10-7-6-9(10)8-4-2-1-3-5-8/h1-5,9,16H,6-7H2/b15-10-. The van der Waals surface area contributed by atoms with Crippen molar-refractivity contribution in [3.05, 3.63) is 35.9 Å². The van der Waals surface area contributed by atoms with Crippen LogP contribution >= 0.6 is 0 Å². The van der Waals surface area contributed by atoms with Crippen molar-refractivity contribution < 1.29 is 21.6 Å². The maximum atomic E-state index is 12.1. The molecule has 0 saturated heterocycles. The molecule has 0 heterocycles. The summed E-state index contributed by atoms with van der Waals surface area (Å²) in [4.78, 5) is 1.24. The van der Waals surface area contributed by atoms with E-state index in [0.717, 1.165) is 12.0 Å². The third-order valence-electron chi connectivity index (χ3n) is 2.91. The van der Waals surface area contributed by atoms with Crippen molar-refractivity contribution >= 4 is 15.7 Å². The number of hydrazone groups is 1. The lowest BCUT2D eigenvalue weighted by Gasteiger charge is -2.28. The van der Waals surface area contributed by atoms with Crippen LogP contribution in [0.15, 0.2) is 35.4 Å². The zero-order chi connectivity index (χ0) is 14.1. The molecule has 104 valence electrons. The fraction of sp³-hybridized carbons (Fsp3) is 0.364. The van der Waals surface area contributed by atoms with E-state index >= 15 is 0 Å². The molecular formula is C11H11F3N2O2S. The molecule has 1 atom stereocenters. The van der Waals surface area contributed by atoms with Crippen LogP contribution < -0.4 is 4.83 Å². The van der Waals surface area contributed by atoms with E-state index in [9.17, 15) is 21.6 Å².